The van der Waals surface area contributed by atoms with Crippen LogP contribution in [0.1, 0.15) is 11.1 Å². The van der Waals surface area contributed by atoms with Crippen LogP contribution in [0.4, 0.5) is 5.69 Å². The Labute approximate surface area is 221 Å². The molecular formula is C25H19Cl3N2O4S. The molecule has 10 heteroatoms. The van der Waals surface area contributed by atoms with E-state index in [2.05, 4.69) is 10.3 Å². The monoisotopic (exact) mass is 548 g/mol. The summed E-state index contributed by atoms with van der Waals surface area (Å²) < 4.78 is 16.7. The number of benzene rings is 3. The Morgan fingerprint density at radius 2 is 1.69 bits per heavy atom. The van der Waals surface area contributed by atoms with Crippen molar-refractivity contribution < 1.29 is 19.0 Å². The van der Waals surface area contributed by atoms with Gasteiger partial charge in [0.1, 0.15) is 18.0 Å². The number of aliphatic imine (C=N–C) groups is 1. The number of halogens is 3. The number of nitrogens with one attached hydrogen (secondary N) is 1. The van der Waals surface area contributed by atoms with Gasteiger partial charge in [0, 0.05) is 5.02 Å². The number of hydrogen-bond donors (Lipinski definition) is 1. The summed E-state index contributed by atoms with van der Waals surface area (Å²) in [6.45, 7) is 0.290. The number of amidine groups is 1. The number of carbonyl (C=O) groups is 1. The van der Waals surface area contributed by atoms with E-state index < -0.39 is 0 Å². The van der Waals surface area contributed by atoms with Crippen LogP contribution in [-0.4, -0.2) is 25.3 Å². The van der Waals surface area contributed by atoms with Crippen LogP contribution in [0.3, 0.4) is 0 Å². The predicted octanol–water partition coefficient (Wildman–Crippen LogP) is 7.13. The highest BCUT2D eigenvalue weighted by Gasteiger charge is 2.24. The van der Waals surface area contributed by atoms with Crippen LogP contribution in [0.2, 0.25) is 15.1 Å². The van der Waals surface area contributed by atoms with Crippen LogP contribution in [0.15, 0.2) is 64.5 Å². The molecule has 1 N–H and O–H groups in total. The number of amides is 1. The van der Waals surface area contributed by atoms with Crippen LogP contribution >= 0.6 is 46.6 Å². The van der Waals surface area contributed by atoms with Gasteiger partial charge in [-0.15, -0.1) is 0 Å². The van der Waals surface area contributed by atoms with Gasteiger partial charge in [-0.2, -0.15) is 0 Å². The van der Waals surface area contributed by atoms with Crippen LogP contribution in [0.25, 0.3) is 6.08 Å². The van der Waals surface area contributed by atoms with Gasteiger partial charge in [-0.25, -0.2) is 4.99 Å². The number of hydrogen-bond acceptors (Lipinski definition) is 6. The van der Waals surface area contributed by atoms with Gasteiger partial charge >= 0.3 is 0 Å². The van der Waals surface area contributed by atoms with Crippen molar-refractivity contribution in [2.24, 2.45) is 4.99 Å². The molecule has 0 spiro atoms. The normalized spacial score (nSPS) is 15.4. The first-order valence-electron chi connectivity index (χ1n) is 10.2. The van der Waals surface area contributed by atoms with E-state index in [1.807, 2.05) is 12.1 Å². The number of carbonyl (C=O) groups excluding carboxylic acids is 1. The first-order valence-corrected chi connectivity index (χ1v) is 12.2. The highest BCUT2D eigenvalue weighted by atomic mass is 35.5. The fourth-order valence-corrected chi connectivity index (χ4v) is 4.50. The second kappa shape index (κ2) is 11.3. The van der Waals surface area contributed by atoms with Crippen molar-refractivity contribution in [3.63, 3.8) is 0 Å². The molecule has 0 atom stereocenters. The Morgan fingerprint density at radius 1 is 0.914 bits per heavy atom. The van der Waals surface area contributed by atoms with Crippen LogP contribution < -0.4 is 19.5 Å². The molecule has 0 radical (unpaired) electrons. The minimum Gasteiger partial charge on any atom is -0.494 e. The molecule has 1 fully saturated rings. The van der Waals surface area contributed by atoms with E-state index in [9.17, 15) is 4.79 Å². The van der Waals surface area contributed by atoms with Gasteiger partial charge < -0.3 is 19.5 Å². The van der Waals surface area contributed by atoms with E-state index in [1.54, 1.807) is 62.8 Å². The van der Waals surface area contributed by atoms with E-state index >= 15 is 0 Å². The zero-order chi connectivity index (χ0) is 24.9. The molecule has 1 aliphatic rings. The standard InChI is InChI=1S/C25H19Cl3N2O4S/c1-32-20-8-5-16(26)12-19(20)29-25-30-24(31)23(35-25)11-14-4-7-21(22(10-14)33-2)34-13-15-3-6-17(27)18(28)9-15/h3-12H,13H2,1-2H3,(H,29,30,31)/b23-11-. The highest BCUT2D eigenvalue weighted by molar-refractivity contribution is 8.18. The third kappa shape index (κ3) is 6.24. The summed E-state index contributed by atoms with van der Waals surface area (Å²) in [5.41, 5.74) is 2.16. The molecule has 1 saturated heterocycles. The summed E-state index contributed by atoms with van der Waals surface area (Å²) >= 11 is 19.3. The van der Waals surface area contributed by atoms with Crippen molar-refractivity contribution in [2.75, 3.05) is 14.2 Å². The zero-order valence-corrected chi connectivity index (χ0v) is 21.7. The van der Waals surface area contributed by atoms with E-state index in [-0.39, 0.29) is 5.91 Å². The second-order valence-corrected chi connectivity index (χ2v) is 9.53. The van der Waals surface area contributed by atoms with Gasteiger partial charge in [0.25, 0.3) is 5.91 Å². The molecule has 3 aromatic rings. The highest BCUT2D eigenvalue weighted by Crippen LogP contribution is 2.35. The topological polar surface area (TPSA) is 69.2 Å². The maximum atomic E-state index is 12.5. The quantitative estimate of drug-likeness (QED) is 0.317. The summed E-state index contributed by atoms with van der Waals surface area (Å²) in [5, 5.41) is 4.65. The zero-order valence-electron chi connectivity index (χ0n) is 18.6. The van der Waals surface area contributed by atoms with Crippen LogP contribution in [0, 0.1) is 0 Å². The van der Waals surface area contributed by atoms with Gasteiger partial charge in [-0.1, -0.05) is 46.9 Å². The Balaban J connectivity index is 1.50. The summed E-state index contributed by atoms with van der Waals surface area (Å²) in [6.07, 6.45) is 1.75. The molecule has 0 aliphatic carbocycles. The van der Waals surface area contributed by atoms with E-state index in [1.165, 1.54) is 11.8 Å². The molecule has 0 saturated carbocycles. The van der Waals surface area contributed by atoms with Crippen molar-refractivity contribution in [1.29, 1.82) is 0 Å². The van der Waals surface area contributed by atoms with Gasteiger partial charge in [0.05, 0.1) is 29.2 Å². The first kappa shape index (κ1) is 25.3. The van der Waals surface area contributed by atoms with E-state index in [4.69, 9.17) is 49.0 Å². The van der Waals surface area contributed by atoms with Crippen molar-refractivity contribution in [2.45, 2.75) is 6.61 Å². The third-order valence-corrected chi connectivity index (χ3v) is 6.76. The Bertz CT molecular complexity index is 1340. The Kier molecular flexibility index (Phi) is 8.13. The minimum atomic E-state index is -0.256. The van der Waals surface area contributed by atoms with Gasteiger partial charge in [-0.3, -0.25) is 4.79 Å². The lowest BCUT2D eigenvalue weighted by Gasteiger charge is -2.12. The van der Waals surface area contributed by atoms with E-state index in [0.717, 1.165) is 11.1 Å². The first-order chi connectivity index (χ1) is 16.9. The molecule has 1 aliphatic heterocycles. The summed E-state index contributed by atoms with van der Waals surface area (Å²) in [6, 6.07) is 15.8. The lowest BCUT2D eigenvalue weighted by atomic mass is 10.2. The van der Waals surface area contributed by atoms with Crippen molar-refractivity contribution in [1.82, 2.24) is 5.32 Å². The molecule has 0 unspecified atom stereocenters. The Morgan fingerprint density at radius 3 is 2.43 bits per heavy atom. The fraction of sp³-hybridized carbons (Fsp3) is 0.120. The number of thioether (sulfide) groups is 1. The molecule has 35 heavy (non-hydrogen) atoms. The average Bonchev–Trinajstić information content (AvgIpc) is 3.18. The molecule has 6 nitrogen and oxygen atoms in total. The van der Waals surface area contributed by atoms with Crippen LogP contribution in [0.5, 0.6) is 17.2 Å². The van der Waals surface area contributed by atoms with Crippen molar-refractivity contribution in [3.8, 4) is 17.2 Å². The smallest absolute Gasteiger partial charge is 0.264 e. The summed E-state index contributed by atoms with van der Waals surface area (Å²) in [5.74, 6) is 1.38. The molecule has 180 valence electrons. The molecule has 0 aromatic heterocycles. The molecule has 4 rings (SSSR count). The van der Waals surface area contributed by atoms with Gasteiger partial charge in [0.15, 0.2) is 16.7 Å². The van der Waals surface area contributed by atoms with Crippen LogP contribution in [-0.2, 0) is 11.4 Å². The van der Waals surface area contributed by atoms with Crippen molar-refractivity contribution in [3.05, 3.63) is 85.7 Å². The maximum Gasteiger partial charge on any atom is 0.264 e. The fourth-order valence-electron chi connectivity index (χ4n) is 3.18. The Hall–Kier alpha value is -2.84. The number of ether oxygens (including phenoxy) is 3. The molecular weight excluding hydrogens is 531 g/mol. The maximum absolute atomic E-state index is 12.5. The predicted molar refractivity (Wildman–Crippen MR) is 143 cm³/mol. The number of nitrogens with zero attached hydrogens (tertiary/aromatic N) is 1. The molecule has 3 aromatic carbocycles. The lowest BCUT2D eigenvalue weighted by molar-refractivity contribution is -0.115. The second-order valence-electron chi connectivity index (χ2n) is 7.25. The molecule has 1 amide bonds. The summed E-state index contributed by atoms with van der Waals surface area (Å²) in [4.78, 5) is 17.5. The van der Waals surface area contributed by atoms with E-state index in [0.29, 0.717) is 54.7 Å². The number of rotatable bonds is 7. The largest absolute Gasteiger partial charge is 0.494 e. The lowest BCUT2D eigenvalue weighted by Crippen LogP contribution is -2.19. The van der Waals surface area contributed by atoms with Gasteiger partial charge in [0.2, 0.25) is 0 Å². The average molecular weight is 550 g/mol. The summed E-state index contributed by atoms with van der Waals surface area (Å²) in [7, 11) is 3.10. The van der Waals surface area contributed by atoms with Crippen molar-refractivity contribution >= 4 is 69.4 Å². The SMILES string of the molecule is COc1ccc(Cl)cc1N=C1NC(=O)/C(=C/c2ccc(OCc3ccc(Cl)c(Cl)c3)c(OC)c2)S1. The molecule has 1 heterocycles. The van der Waals surface area contributed by atoms with Gasteiger partial charge in [-0.05, 0) is 71.4 Å². The third-order valence-electron chi connectivity index (χ3n) is 4.88. The minimum absolute atomic E-state index is 0.256. The number of methoxy groups -OCH3 is 2. The molecule has 0 bridgehead atoms.